The van der Waals surface area contributed by atoms with E-state index >= 15 is 0 Å². The zero-order valence-corrected chi connectivity index (χ0v) is 27.0. The Hall–Kier alpha value is -1.18. The maximum absolute atomic E-state index is 13.2. The minimum atomic E-state index is -0.676. The van der Waals surface area contributed by atoms with E-state index in [-0.39, 0.29) is 37.4 Å². The molecule has 12 nitrogen and oxygen atoms in total. The van der Waals surface area contributed by atoms with Gasteiger partial charge >= 0.3 is 17.1 Å². The van der Waals surface area contributed by atoms with Gasteiger partial charge in [0.05, 0.1) is 28.6 Å². The molecule has 0 aliphatic heterocycles. The SMILES string of the molecule is COC(OC)[SiH2]CCCn1c(=O)n(CCC[SiH2]C(OC)OC)c(=O)n(CCC[SiH2]C(OC)OC)c1=O. The second-order valence-electron chi connectivity index (χ2n) is 8.49. The van der Waals surface area contributed by atoms with Crippen molar-refractivity contribution in [3.8, 4) is 0 Å². The summed E-state index contributed by atoms with van der Waals surface area (Å²) >= 11 is 0. The molecule has 1 aromatic heterocycles. The Labute approximate surface area is 219 Å². The van der Waals surface area contributed by atoms with Crippen LogP contribution in [0.2, 0.25) is 18.1 Å². The fourth-order valence-corrected chi connectivity index (χ4v) is 7.95. The highest BCUT2D eigenvalue weighted by atomic mass is 28.2. The Morgan fingerprint density at radius 2 is 0.722 bits per heavy atom. The third kappa shape index (κ3) is 10.7. The van der Waals surface area contributed by atoms with Crippen LogP contribution in [0.1, 0.15) is 19.3 Å². The molecule has 0 fully saturated rings. The van der Waals surface area contributed by atoms with Crippen LogP contribution in [0.4, 0.5) is 0 Å². The van der Waals surface area contributed by atoms with Crippen molar-refractivity contribution >= 4 is 28.6 Å². The summed E-state index contributed by atoms with van der Waals surface area (Å²) in [5.41, 5.74) is -1.62. The summed E-state index contributed by atoms with van der Waals surface area (Å²) in [5.74, 6) is -0.565. The summed E-state index contributed by atoms with van der Waals surface area (Å²) in [4.78, 5) is 39.5. The number of rotatable bonds is 21. The molecule has 0 aromatic carbocycles. The summed E-state index contributed by atoms with van der Waals surface area (Å²) in [6.07, 6.45) is 1.94. The van der Waals surface area contributed by atoms with E-state index in [1.54, 1.807) is 42.7 Å². The molecular formula is C21H45N3O9Si3. The van der Waals surface area contributed by atoms with E-state index in [0.29, 0.717) is 19.3 Å². The molecule has 15 heteroatoms. The van der Waals surface area contributed by atoms with Crippen LogP contribution in [0.25, 0.3) is 0 Å². The third-order valence-corrected chi connectivity index (χ3v) is 12.3. The van der Waals surface area contributed by atoms with Gasteiger partial charge in [-0.3, -0.25) is 0 Å². The maximum Gasteiger partial charge on any atom is 0.336 e. The van der Waals surface area contributed by atoms with E-state index in [2.05, 4.69) is 0 Å². The van der Waals surface area contributed by atoms with Crippen LogP contribution in [0.3, 0.4) is 0 Å². The van der Waals surface area contributed by atoms with Gasteiger partial charge in [0.2, 0.25) is 0 Å². The van der Waals surface area contributed by atoms with Gasteiger partial charge in [-0.1, -0.05) is 18.1 Å². The monoisotopic (exact) mass is 567 g/mol. The van der Waals surface area contributed by atoms with E-state index in [0.717, 1.165) is 18.1 Å². The smallest absolute Gasteiger partial charge is 0.336 e. The molecule has 0 N–H and O–H groups in total. The van der Waals surface area contributed by atoms with Gasteiger partial charge < -0.3 is 28.4 Å². The predicted molar refractivity (Wildman–Crippen MR) is 147 cm³/mol. The molecule has 1 rings (SSSR count). The average molecular weight is 568 g/mol. The molecule has 0 saturated carbocycles. The Morgan fingerprint density at radius 1 is 0.500 bits per heavy atom. The second kappa shape index (κ2) is 19.0. The highest BCUT2D eigenvalue weighted by Gasteiger charge is 2.16. The lowest BCUT2D eigenvalue weighted by Gasteiger charge is -2.16. The standard InChI is InChI=1S/C21H45N3O9Si3/c1-28-19(29-2)34-13-7-10-22-16(25)23(11-8-14-35-20(30-3)31-4)18(27)24(17(22)26)12-9-15-36-21(32-5)33-6/h19-21H,7-15,34-36H2,1-6H3. The molecule has 0 amide bonds. The highest BCUT2D eigenvalue weighted by molar-refractivity contribution is 6.37. The van der Waals surface area contributed by atoms with Crippen molar-refractivity contribution in [3.63, 3.8) is 0 Å². The number of ether oxygens (including phenoxy) is 6. The summed E-state index contributed by atoms with van der Waals surface area (Å²) in [5, 5.41) is 0. The first-order valence-electron chi connectivity index (χ1n) is 12.5. The lowest BCUT2D eigenvalue weighted by Crippen LogP contribution is -2.54. The van der Waals surface area contributed by atoms with E-state index in [1.807, 2.05) is 0 Å². The van der Waals surface area contributed by atoms with Gasteiger partial charge in [0, 0.05) is 62.3 Å². The maximum atomic E-state index is 13.2. The zero-order valence-electron chi connectivity index (χ0n) is 22.7. The molecule has 1 aromatic rings. The summed E-state index contributed by atoms with van der Waals surface area (Å²) in [6.45, 7) is 0.790. The van der Waals surface area contributed by atoms with Crippen molar-refractivity contribution in [2.45, 2.75) is 74.8 Å². The van der Waals surface area contributed by atoms with E-state index in [9.17, 15) is 14.4 Å². The Morgan fingerprint density at radius 3 is 0.917 bits per heavy atom. The fraction of sp³-hybridized carbons (Fsp3) is 0.857. The lowest BCUT2D eigenvalue weighted by molar-refractivity contribution is -0.0442. The largest absolute Gasteiger partial charge is 0.360 e. The van der Waals surface area contributed by atoms with Crippen molar-refractivity contribution in [2.75, 3.05) is 42.7 Å². The third-order valence-electron chi connectivity index (χ3n) is 6.18. The van der Waals surface area contributed by atoms with Gasteiger partial charge in [-0.25, -0.2) is 28.1 Å². The molecule has 0 radical (unpaired) electrons. The van der Waals surface area contributed by atoms with E-state index in [4.69, 9.17) is 28.4 Å². The van der Waals surface area contributed by atoms with Gasteiger partial charge in [-0.2, -0.15) is 0 Å². The lowest BCUT2D eigenvalue weighted by atomic mass is 10.4. The fourth-order valence-electron chi connectivity index (χ4n) is 3.99. The molecule has 0 aliphatic rings. The Balaban J connectivity index is 3.03. The Kier molecular flexibility index (Phi) is 17.3. The van der Waals surface area contributed by atoms with Crippen molar-refractivity contribution < 1.29 is 28.4 Å². The summed E-state index contributed by atoms with van der Waals surface area (Å²) < 4.78 is 35.2. The number of hydrogen-bond donors (Lipinski definition) is 0. The minimum absolute atomic E-state index is 0.188. The highest BCUT2D eigenvalue weighted by Crippen LogP contribution is 2.01. The van der Waals surface area contributed by atoms with Crippen molar-refractivity contribution in [1.29, 1.82) is 0 Å². The summed E-state index contributed by atoms with van der Waals surface area (Å²) in [7, 11) is 7.61. The van der Waals surface area contributed by atoms with Crippen molar-refractivity contribution in [3.05, 3.63) is 31.5 Å². The average Bonchev–Trinajstić information content (AvgIpc) is 2.89. The van der Waals surface area contributed by atoms with Crippen LogP contribution in [0, 0.1) is 0 Å². The predicted octanol–water partition coefficient (Wildman–Crippen LogP) is -2.17. The molecule has 1 heterocycles. The molecule has 0 unspecified atom stereocenters. The topological polar surface area (TPSA) is 121 Å². The molecule has 0 aliphatic carbocycles. The van der Waals surface area contributed by atoms with Crippen molar-refractivity contribution in [2.24, 2.45) is 0 Å². The van der Waals surface area contributed by atoms with Gasteiger partial charge in [-0.15, -0.1) is 0 Å². The number of aromatic nitrogens is 3. The van der Waals surface area contributed by atoms with Crippen LogP contribution in [0.5, 0.6) is 0 Å². The van der Waals surface area contributed by atoms with Gasteiger partial charge in [-0.05, 0) is 19.3 Å². The van der Waals surface area contributed by atoms with Crippen LogP contribution in [0.15, 0.2) is 14.4 Å². The second-order valence-corrected chi connectivity index (χ2v) is 14.3. The zero-order chi connectivity index (χ0) is 26.9. The molecule has 0 atom stereocenters. The molecule has 0 spiro atoms. The van der Waals surface area contributed by atoms with E-state index < -0.39 is 45.6 Å². The first-order valence-corrected chi connectivity index (χ1v) is 17.9. The number of nitrogens with zero attached hydrogens (tertiary/aromatic N) is 3. The van der Waals surface area contributed by atoms with Gasteiger partial charge in [0.25, 0.3) is 0 Å². The Bertz CT molecular complexity index is 753. The van der Waals surface area contributed by atoms with Crippen LogP contribution < -0.4 is 17.1 Å². The van der Waals surface area contributed by atoms with Crippen LogP contribution in [-0.4, -0.2) is 103 Å². The number of methoxy groups -OCH3 is 6. The van der Waals surface area contributed by atoms with Crippen LogP contribution >= 0.6 is 0 Å². The molecule has 36 heavy (non-hydrogen) atoms. The minimum Gasteiger partial charge on any atom is -0.360 e. The van der Waals surface area contributed by atoms with Crippen LogP contribution in [-0.2, 0) is 48.1 Å². The normalized spacial score (nSPS) is 12.9. The van der Waals surface area contributed by atoms with E-state index in [1.165, 1.54) is 13.7 Å². The molecule has 210 valence electrons. The summed E-state index contributed by atoms with van der Waals surface area (Å²) in [6, 6.07) is 2.54. The molecular weight excluding hydrogens is 523 g/mol. The first-order chi connectivity index (χ1) is 17.4. The quantitative estimate of drug-likeness (QED) is 0.0928. The van der Waals surface area contributed by atoms with Gasteiger partial charge in [0.15, 0.2) is 0 Å². The first kappa shape index (κ1) is 32.8. The molecule has 0 saturated heterocycles. The number of hydrogen-bond acceptors (Lipinski definition) is 9. The van der Waals surface area contributed by atoms with Gasteiger partial charge in [0.1, 0.15) is 17.7 Å². The van der Waals surface area contributed by atoms with Crippen molar-refractivity contribution in [1.82, 2.24) is 13.7 Å². The molecule has 0 bridgehead atoms.